The standard InChI is InChI=1S/C12H13ClF2N2O.ClH/c13-8-4-9(14)7(3-10(8)15)12(18)17-11(5-16)6-1-2-6;/h3-4,6,11H,1-2,5,16H2,(H,17,18);1H. The summed E-state index contributed by atoms with van der Waals surface area (Å²) in [7, 11) is 0. The van der Waals surface area contributed by atoms with Gasteiger partial charge in [-0.2, -0.15) is 0 Å². The molecule has 0 radical (unpaired) electrons. The first kappa shape index (κ1) is 16.1. The van der Waals surface area contributed by atoms with Gasteiger partial charge in [-0.15, -0.1) is 12.4 Å². The van der Waals surface area contributed by atoms with Crippen molar-refractivity contribution in [3.05, 3.63) is 34.4 Å². The fourth-order valence-electron chi connectivity index (χ4n) is 1.81. The maximum absolute atomic E-state index is 13.5. The number of benzene rings is 1. The number of carbonyl (C=O) groups excluding carboxylic acids is 1. The van der Waals surface area contributed by atoms with Crippen LogP contribution in [0.25, 0.3) is 0 Å². The molecule has 0 saturated heterocycles. The fourth-order valence-corrected chi connectivity index (χ4v) is 1.96. The molecule has 0 heterocycles. The molecule has 3 nitrogen and oxygen atoms in total. The summed E-state index contributed by atoms with van der Waals surface area (Å²) in [6.45, 7) is 0.286. The lowest BCUT2D eigenvalue weighted by molar-refractivity contribution is 0.0929. The lowest BCUT2D eigenvalue weighted by Gasteiger charge is -2.16. The Morgan fingerprint density at radius 1 is 1.42 bits per heavy atom. The Hall–Kier alpha value is -0.910. The molecular weight excluding hydrogens is 297 g/mol. The van der Waals surface area contributed by atoms with Crippen LogP contribution in [0, 0.1) is 17.6 Å². The second-order valence-electron chi connectivity index (χ2n) is 4.40. The van der Waals surface area contributed by atoms with Crippen LogP contribution in [-0.2, 0) is 0 Å². The van der Waals surface area contributed by atoms with Crippen LogP contribution in [0.2, 0.25) is 5.02 Å². The number of hydrogen-bond donors (Lipinski definition) is 2. The third-order valence-corrected chi connectivity index (χ3v) is 3.31. The quantitative estimate of drug-likeness (QED) is 0.840. The van der Waals surface area contributed by atoms with Gasteiger partial charge in [0.05, 0.1) is 10.6 Å². The van der Waals surface area contributed by atoms with Crippen LogP contribution in [0.4, 0.5) is 8.78 Å². The molecule has 0 aromatic heterocycles. The van der Waals surface area contributed by atoms with Crippen LogP contribution in [-0.4, -0.2) is 18.5 Å². The normalized spacial score (nSPS) is 15.6. The Balaban J connectivity index is 0.00000180. The van der Waals surface area contributed by atoms with Gasteiger partial charge >= 0.3 is 0 Å². The summed E-state index contributed by atoms with van der Waals surface area (Å²) in [5.74, 6) is -1.98. The molecule has 7 heteroatoms. The van der Waals surface area contributed by atoms with E-state index >= 15 is 0 Å². The molecule has 1 aromatic rings. The van der Waals surface area contributed by atoms with E-state index in [9.17, 15) is 13.6 Å². The molecule has 1 aliphatic rings. The summed E-state index contributed by atoms with van der Waals surface area (Å²) in [5, 5.41) is 2.27. The van der Waals surface area contributed by atoms with Crippen LogP contribution in [0.3, 0.4) is 0 Å². The Kier molecular flexibility index (Phi) is 5.52. The van der Waals surface area contributed by atoms with Crippen molar-refractivity contribution in [3.8, 4) is 0 Å². The average Bonchev–Trinajstić information content (AvgIpc) is 3.14. The number of hydrogen-bond acceptors (Lipinski definition) is 2. The summed E-state index contributed by atoms with van der Waals surface area (Å²) in [6.07, 6.45) is 2.00. The van der Waals surface area contributed by atoms with Crippen molar-refractivity contribution in [3.63, 3.8) is 0 Å². The highest BCUT2D eigenvalue weighted by molar-refractivity contribution is 6.30. The van der Waals surface area contributed by atoms with E-state index in [0.29, 0.717) is 5.92 Å². The largest absolute Gasteiger partial charge is 0.348 e. The summed E-state index contributed by atoms with van der Waals surface area (Å²) >= 11 is 5.42. The molecule has 1 aromatic carbocycles. The third-order valence-electron chi connectivity index (χ3n) is 3.02. The van der Waals surface area contributed by atoms with E-state index in [1.165, 1.54) is 0 Å². The number of carbonyl (C=O) groups is 1. The number of nitrogens with one attached hydrogen (secondary N) is 1. The van der Waals surface area contributed by atoms with E-state index in [4.69, 9.17) is 17.3 Å². The van der Waals surface area contributed by atoms with Gasteiger partial charge in [-0.25, -0.2) is 8.78 Å². The summed E-state index contributed by atoms with van der Waals surface area (Å²) < 4.78 is 26.7. The van der Waals surface area contributed by atoms with Crippen molar-refractivity contribution in [1.29, 1.82) is 0 Å². The molecule has 0 spiro atoms. The van der Waals surface area contributed by atoms with E-state index < -0.39 is 17.5 Å². The molecule has 1 unspecified atom stereocenters. The van der Waals surface area contributed by atoms with E-state index in [-0.39, 0.29) is 35.6 Å². The van der Waals surface area contributed by atoms with Crippen LogP contribution < -0.4 is 11.1 Å². The van der Waals surface area contributed by atoms with Gasteiger partial charge in [0.2, 0.25) is 0 Å². The maximum atomic E-state index is 13.5. The molecule has 19 heavy (non-hydrogen) atoms. The van der Waals surface area contributed by atoms with Crippen molar-refractivity contribution in [2.75, 3.05) is 6.54 Å². The first-order valence-electron chi connectivity index (χ1n) is 5.68. The SMILES string of the molecule is Cl.NCC(NC(=O)c1cc(F)c(Cl)cc1F)C1CC1. The second kappa shape index (κ2) is 6.50. The molecule has 1 saturated carbocycles. The zero-order valence-electron chi connectivity index (χ0n) is 9.96. The van der Waals surface area contributed by atoms with Gasteiger partial charge in [0.15, 0.2) is 0 Å². The fraction of sp³-hybridized carbons (Fsp3) is 0.417. The molecule has 0 aliphatic heterocycles. The van der Waals surface area contributed by atoms with Crippen LogP contribution in [0.5, 0.6) is 0 Å². The van der Waals surface area contributed by atoms with Gasteiger partial charge in [0.1, 0.15) is 11.6 Å². The Morgan fingerprint density at radius 2 is 2.05 bits per heavy atom. The van der Waals surface area contributed by atoms with Gasteiger partial charge in [0, 0.05) is 12.6 Å². The smallest absolute Gasteiger partial charge is 0.254 e. The van der Waals surface area contributed by atoms with E-state index in [1.54, 1.807) is 0 Å². The summed E-state index contributed by atoms with van der Waals surface area (Å²) in [6, 6.07) is 1.41. The minimum atomic E-state index is -0.842. The van der Waals surface area contributed by atoms with Gasteiger partial charge in [-0.05, 0) is 30.9 Å². The molecular formula is C12H14Cl2F2N2O. The zero-order valence-corrected chi connectivity index (χ0v) is 11.5. The topological polar surface area (TPSA) is 55.1 Å². The Bertz CT molecular complexity index is 481. The molecule has 1 fully saturated rings. The van der Waals surface area contributed by atoms with Crippen molar-refractivity contribution in [2.45, 2.75) is 18.9 Å². The van der Waals surface area contributed by atoms with E-state index in [1.807, 2.05) is 0 Å². The van der Waals surface area contributed by atoms with Crippen molar-refractivity contribution < 1.29 is 13.6 Å². The van der Waals surface area contributed by atoms with Gasteiger partial charge in [-0.3, -0.25) is 4.79 Å². The van der Waals surface area contributed by atoms with Crippen LogP contribution >= 0.6 is 24.0 Å². The number of amides is 1. The predicted molar refractivity (Wildman–Crippen MR) is 71.6 cm³/mol. The predicted octanol–water partition coefficient (Wildman–Crippen LogP) is 2.51. The number of rotatable bonds is 4. The minimum Gasteiger partial charge on any atom is -0.348 e. The number of nitrogens with two attached hydrogens (primary N) is 1. The Morgan fingerprint density at radius 3 is 2.58 bits per heavy atom. The molecule has 1 atom stereocenters. The van der Waals surface area contributed by atoms with Gasteiger partial charge in [0.25, 0.3) is 5.91 Å². The molecule has 0 bridgehead atoms. The van der Waals surface area contributed by atoms with Crippen molar-refractivity contribution in [2.24, 2.45) is 11.7 Å². The minimum absolute atomic E-state index is 0. The highest BCUT2D eigenvalue weighted by Crippen LogP contribution is 2.32. The summed E-state index contributed by atoms with van der Waals surface area (Å²) in [5.41, 5.74) is 5.18. The molecule has 1 aliphatic carbocycles. The van der Waals surface area contributed by atoms with E-state index in [2.05, 4.69) is 5.32 Å². The van der Waals surface area contributed by atoms with Crippen molar-refractivity contribution in [1.82, 2.24) is 5.32 Å². The van der Waals surface area contributed by atoms with E-state index in [0.717, 1.165) is 25.0 Å². The van der Waals surface area contributed by atoms with Crippen molar-refractivity contribution >= 4 is 29.9 Å². The summed E-state index contributed by atoms with van der Waals surface area (Å²) in [4.78, 5) is 11.8. The average molecular weight is 311 g/mol. The highest BCUT2D eigenvalue weighted by Gasteiger charge is 2.32. The number of halogens is 4. The van der Waals surface area contributed by atoms with Gasteiger partial charge in [-0.1, -0.05) is 11.6 Å². The molecule has 1 amide bonds. The van der Waals surface area contributed by atoms with Crippen LogP contribution in [0.15, 0.2) is 12.1 Å². The molecule has 2 rings (SSSR count). The second-order valence-corrected chi connectivity index (χ2v) is 4.81. The first-order valence-corrected chi connectivity index (χ1v) is 6.06. The monoisotopic (exact) mass is 310 g/mol. The molecule has 3 N–H and O–H groups in total. The van der Waals surface area contributed by atoms with Crippen LogP contribution in [0.1, 0.15) is 23.2 Å². The lowest BCUT2D eigenvalue weighted by Crippen LogP contribution is -2.42. The lowest BCUT2D eigenvalue weighted by atomic mass is 10.1. The maximum Gasteiger partial charge on any atom is 0.254 e. The van der Waals surface area contributed by atoms with Gasteiger partial charge < -0.3 is 11.1 Å². The zero-order chi connectivity index (χ0) is 13.3. The first-order chi connectivity index (χ1) is 8.52. The third kappa shape index (κ3) is 3.78. The molecule has 106 valence electrons. The highest BCUT2D eigenvalue weighted by atomic mass is 35.5. The Labute approximate surface area is 120 Å².